The van der Waals surface area contributed by atoms with E-state index in [1.165, 1.54) is 42.8 Å². The van der Waals surface area contributed by atoms with Gasteiger partial charge in [-0.15, -0.1) is 11.3 Å². The minimum Gasteiger partial charge on any atom is -0.455 e. The molecule has 156 valence electrons. The highest BCUT2D eigenvalue weighted by Gasteiger charge is 2.31. The highest BCUT2D eigenvalue weighted by molar-refractivity contribution is 7.14. The lowest BCUT2D eigenvalue weighted by atomic mass is 10.2. The molecule has 0 aliphatic carbocycles. The second-order valence-electron chi connectivity index (χ2n) is 5.94. The first kappa shape index (κ1) is 21.7. The minimum atomic E-state index is -4.55. The van der Waals surface area contributed by atoms with Gasteiger partial charge in [0.05, 0.1) is 22.5 Å². The van der Waals surface area contributed by atoms with Gasteiger partial charge in [0.15, 0.2) is 5.13 Å². The van der Waals surface area contributed by atoms with E-state index >= 15 is 0 Å². The Labute approximate surface area is 177 Å². The summed E-state index contributed by atoms with van der Waals surface area (Å²) < 4.78 is 44.2. The molecule has 1 aromatic carbocycles. The van der Waals surface area contributed by atoms with Gasteiger partial charge >= 0.3 is 12.1 Å². The van der Waals surface area contributed by atoms with Crippen molar-refractivity contribution >= 4 is 45.6 Å². The van der Waals surface area contributed by atoms with E-state index < -0.39 is 23.6 Å². The molecule has 0 N–H and O–H groups in total. The smallest absolute Gasteiger partial charge is 0.416 e. The van der Waals surface area contributed by atoms with Crippen LogP contribution in [0.5, 0.6) is 0 Å². The Morgan fingerprint density at radius 1 is 1.23 bits per heavy atom. The van der Waals surface area contributed by atoms with Crippen LogP contribution in [0.3, 0.4) is 0 Å². The summed E-state index contributed by atoms with van der Waals surface area (Å²) in [5, 5.41) is 1.68. The lowest BCUT2D eigenvalue weighted by Gasteiger charge is -2.19. The molecule has 0 radical (unpaired) electrons. The summed E-state index contributed by atoms with van der Waals surface area (Å²) in [5.41, 5.74) is -0.451. The van der Waals surface area contributed by atoms with Crippen molar-refractivity contribution in [2.24, 2.45) is 0 Å². The van der Waals surface area contributed by atoms with Gasteiger partial charge in [0, 0.05) is 18.5 Å². The first-order chi connectivity index (χ1) is 14.2. The SMILES string of the molecule is CC(=O)N(c1cccc(C(F)(F)F)c1)c1nc(COC(=O)c2cccnc2Cl)cs1. The number of pyridine rings is 1. The molecule has 3 rings (SSSR count). The van der Waals surface area contributed by atoms with E-state index in [2.05, 4.69) is 9.97 Å². The molecule has 0 aliphatic rings. The van der Waals surface area contributed by atoms with E-state index in [1.54, 1.807) is 0 Å². The van der Waals surface area contributed by atoms with Crippen LogP contribution in [-0.4, -0.2) is 21.8 Å². The molecule has 0 fully saturated rings. The Bertz CT molecular complexity index is 1090. The lowest BCUT2D eigenvalue weighted by Crippen LogP contribution is -2.23. The van der Waals surface area contributed by atoms with E-state index in [1.807, 2.05) is 0 Å². The van der Waals surface area contributed by atoms with Crippen molar-refractivity contribution in [3.8, 4) is 0 Å². The second kappa shape index (κ2) is 8.80. The van der Waals surface area contributed by atoms with E-state index in [-0.39, 0.29) is 28.1 Å². The molecular formula is C19H13ClF3N3O3S. The third-order valence-corrected chi connectivity index (χ3v) is 4.98. The molecule has 2 heterocycles. The maximum Gasteiger partial charge on any atom is 0.416 e. The number of anilines is 2. The number of amides is 1. The fraction of sp³-hybridized carbons (Fsp3) is 0.158. The van der Waals surface area contributed by atoms with Crippen LogP contribution < -0.4 is 4.90 Å². The second-order valence-corrected chi connectivity index (χ2v) is 7.14. The average Bonchev–Trinajstić information content (AvgIpc) is 3.14. The number of hydrogen-bond donors (Lipinski definition) is 0. The predicted octanol–water partition coefficient (Wildman–Crippen LogP) is 5.25. The van der Waals surface area contributed by atoms with Crippen LogP contribution >= 0.6 is 22.9 Å². The molecule has 3 aromatic rings. The summed E-state index contributed by atoms with van der Waals surface area (Å²) in [6.07, 6.45) is -3.12. The van der Waals surface area contributed by atoms with Gasteiger partial charge in [-0.1, -0.05) is 17.7 Å². The van der Waals surface area contributed by atoms with Crippen molar-refractivity contribution in [1.29, 1.82) is 0 Å². The Balaban J connectivity index is 1.78. The van der Waals surface area contributed by atoms with Gasteiger partial charge in [0.25, 0.3) is 0 Å². The van der Waals surface area contributed by atoms with Crippen molar-refractivity contribution in [3.63, 3.8) is 0 Å². The zero-order valence-electron chi connectivity index (χ0n) is 15.3. The van der Waals surface area contributed by atoms with Gasteiger partial charge in [0.2, 0.25) is 5.91 Å². The van der Waals surface area contributed by atoms with Gasteiger partial charge in [-0.3, -0.25) is 9.69 Å². The molecule has 0 bridgehead atoms. The third kappa shape index (κ3) is 4.95. The summed E-state index contributed by atoms with van der Waals surface area (Å²) in [7, 11) is 0. The fourth-order valence-electron chi connectivity index (χ4n) is 2.47. The molecule has 0 aliphatic heterocycles. The molecule has 0 saturated carbocycles. The standard InChI is InChI=1S/C19H13ClF3N3O3S/c1-11(27)26(14-5-2-4-12(8-14)19(21,22)23)18-25-13(10-30-18)9-29-17(28)15-6-3-7-24-16(15)20/h2-8,10H,9H2,1H3. The number of ether oxygens (including phenoxy) is 1. The van der Waals surface area contributed by atoms with Crippen LogP contribution in [0.4, 0.5) is 24.0 Å². The third-order valence-electron chi connectivity index (χ3n) is 3.81. The van der Waals surface area contributed by atoms with E-state index in [0.717, 1.165) is 28.4 Å². The highest BCUT2D eigenvalue weighted by atomic mass is 35.5. The van der Waals surface area contributed by atoms with Crippen LogP contribution in [0.25, 0.3) is 0 Å². The molecule has 1 amide bonds. The number of hydrogen-bond acceptors (Lipinski definition) is 6. The summed E-state index contributed by atoms with van der Waals surface area (Å²) in [5.74, 6) is -1.22. The Hall–Kier alpha value is -2.98. The number of carbonyl (C=O) groups is 2. The number of esters is 1. The van der Waals surface area contributed by atoms with Crippen LogP contribution in [-0.2, 0) is 22.3 Å². The summed E-state index contributed by atoms with van der Waals surface area (Å²) in [4.78, 5) is 33.3. The van der Waals surface area contributed by atoms with Crippen LogP contribution in [0.2, 0.25) is 5.15 Å². The fourth-order valence-corrected chi connectivity index (χ4v) is 3.54. The predicted molar refractivity (Wildman–Crippen MR) is 105 cm³/mol. The van der Waals surface area contributed by atoms with Gasteiger partial charge in [-0.05, 0) is 30.3 Å². The summed E-state index contributed by atoms with van der Waals surface area (Å²) in [6.45, 7) is 1.00. The molecule has 6 nitrogen and oxygen atoms in total. The summed E-state index contributed by atoms with van der Waals surface area (Å²) in [6, 6.07) is 7.35. The van der Waals surface area contributed by atoms with Crippen LogP contribution in [0.15, 0.2) is 48.0 Å². The van der Waals surface area contributed by atoms with Crippen LogP contribution in [0, 0.1) is 0 Å². The molecule has 0 unspecified atom stereocenters. The number of halogens is 4. The quantitative estimate of drug-likeness (QED) is 0.388. The van der Waals surface area contributed by atoms with Crippen LogP contribution in [0.1, 0.15) is 28.5 Å². The molecule has 11 heteroatoms. The van der Waals surface area contributed by atoms with Gasteiger partial charge in [0.1, 0.15) is 11.8 Å². The molecule has 0 spiro atoms. The normalized spacial score (nSPS) is 11.2. The Kier molecular flexibility index (Phi) is 6.37. The number of benzene rings is 1. The number of alkyl halides is 3. The van der Waals surface area contributed by atoms with Gasteiger partial charge in [-0.2, -0.15) is 13.2 Å². The summed E-state index contributed by atoms with van der Waals surface area (Å²) >= 11 is 6.87. The zero-order chi connectivity index (χ0) is 21.9. The lowest BCUT2D eigenvalue weighted by molar-refractivity contribution is -0.137. The number of thiazole rings is 1. The molecule has 0 atom stereocenters. The average molecular weight is 456 g/mol. The van der Waals surface area contributed by atoms with E-state index in [0.29, 0.717) is 5.69 Å². The monoisotopic (exact) mass is 455 g/mol. The van der Waals surface area contributed by atoms with Crippen molar-refractivity contribution < 1.29 is 27.5 Å². The Morgan fingerprint density at radius 2 is 2.00 bits per heavy atom. The molecule has 0 saturated heterocycles. The topological polar surface area (TPSA) is 72.4 Å². The highest BCUT2D eigenvalue weighted by Crippen LogP contribution is 2.35. The van der Waals surface area contributed by atoms with Crippen molar-refractivity contribution in [2.45, 2.75) is 19.7 Å². The van der Waals surface area contributed by atoms with Gasteiger partial charge in [-0.25, -0.2) is 14.8 Å². The van der Waals surface area contributed by atoms with E-state index in [9.17, 15) is 22.8 Å². The van der Waals surface area contributed by atoms with Crippen molar-refractivity contribution in [2.75, 3.05) is 4.90 Å². The van der Waals surface area contributed by atoms with Crippen molar-refractivity contribution in [1.82, 2.24) is 9.97 Å². The number of carbonyl (C=O) groups excluding carboxylic acids is 2. The van der Waals surface area contributed by atoms with Crippen molar-refractivity contribution in [3.05, 3.63) is 69.9 Å². The number of aromatic nitrogens is 2. The number of nitrogens with zero attached hydrogens (tertiary/aromatic N) is 3. The first-order valence-corrected chi connectivity index (χ1v) is 9.62. The molecule has 2 aromatic heterocycles. The molecular weight excluding hydrogens is 443 g/mol. The number of rotatable bonds is 5. The minimum absolute atomic E-state index is 0.00577. The zero-order valence-corrected chi connectivity index (χ0v) is 16.9. The molecule has 30 heavy (non-hydrogen) atoms. The Morgan fingerprint density at radius 3 is 2.67 bits per heavy atom. The largest absolute Gasteiger partial charge is 0.455 e. The maximum atomic E-state index is 13.0. The maximum absolute atomic E-state index is 13.0. The first-order valence-electron chi connectivity index (χ1n) is 8.37. The van der Waals surface area contributed by atoms with E-state index in [4.69, 9.17) is 16.3 Å². The van der Waals surface area contributed by atoms with Gasteiger partial charge < -0.3 is 4.74 Å².